The summed E-state index contributed by atoms with van der Waals surface area (Å²) in [6.07, 6.45) is 0. The van der Waals surface area contributed by atoms with Gasteiger partial charge in [0, 0.05) is 26.7 Å². The topological polar surface area (TPSA) is 34.1 Å². The van der Waals surface area contributed by atoms with E-state index in [-0.39, 0.29) is 11.6 Å². The normalized spacial score (nSPS) is 15.7. The molecule has 0 atom stereocenters. The van der Waals surface area contributed by atoms with Crippen LogP contribution in [0.1, 0.15) is 34.6 Å². The van der Waals surface area contributed by atoms with Crippen molar-refractivity contribution in [3.63, 3.8) is 0 Å². The van der Waals surface area contributed by atoms with Gasteiger partial charge in [0.15, 0.2) is 11.6 Å². The van der Waals surface area contributed by atoms with Gasteiger partial charge in [0.25, 0.3) is 0 Å². The zero-order valence-electron chi connectivity index (χ0n) is 8.43. The molecule has 0 aromatic heterocycles. The van der Waals surface area contributed by atoms with E-state index >= 15 is 0 Å². The molecule has 0 N–H and O–H groups in total. The van der Waals surface area contributed by atoms with Gasteiger partial charge in [-0.15, -0.1) is 0 Å². The van der Waals surface area contributed by atoms with E-state index in [1.807, 2.05) is 0 Å². The summed E-state index contributed by atoms with van der Waals surface area (Å²) in [6.45, 7) is 3.39. The van der Waals surface area contributed by atoms with Gasteiger partial charge in [0.1, 0.15) is 0 Å². The Hall–Kier alpha value is -1.22. The van der Waals surface area contributed by atoms with Crippen LogP contribution < -0.4 is 0 Å². The molecular weight excluding hydrogens is 256 g/mol. The molecule has 0 amide bonds. The monoisotopic (exact) mass is 264 g/mol. The SMILES string of the molecule is CC1=C(C)C(=O)c2c(Br)cccc2C1=O. The van der Waals surface area contributed by atoms with Gasteiger partial charge in [-0.3, -0.25) is 9.59 Å². The number of hydrogen-bond donors (Lipinski definition) is 0. The quantitative estimate of drug-likeness (QED) is 0.722. The molecular formula is C12H9BrO2. The molecule has 1 aromatic rings. The molecule has 0 saturated carbocycles. The van der Waals surface area contributed by atoms with Crippen LogP contribution in [0.4, 0.5) is 0 Å². The minimum atomic E-state index is -0.0606. The number of Topliss-reactive ketones (excluding diaryl/α,β-unsaturated/α-hetero) is 2. The lowest BCUT2D eigenvalue weighted by Gasteiger charge is -2.17. The lowest BCUT2D eigenvalue weighted by Crippen LogP contribution is -2.19. The number of benzene rings is 1. The van der Waals surface area contributed by atoms with Gasteiger partial charge < -0.3 is 0 Å². The Bertz CT molecular complexity index is 512. The molecule has 15 heavy (non-hydrogen) atoms. The Morgan fingerprint density at radius 1 is 1.00 bits per heavy atom. The first-order valence-corrected chi connectivity index (χ1v) is 5.38. The second-order valence-electron chi connectivity index (χ2n) is 3.57. The fourth-order valence-electron chi connectivity index (χ4n) is 1.67. The van der Waals surface area contributed by atoms with E-state index < -0.39 is 0 Å². The Kier molecular flexibility index (Phi) is 2.35. The summed E-state index contributed by atoms with van der Waals surface area (Å²) >= 11 is 3.30. The molecule has 1 aliphatic carbocycles. The largest absolute Gasteiger partial charge is 0.289 e. The van der Waals surface area contributed by atoms with E-state index in [2.05, 4.69) is 15.9 Å². The van der Waals surface area contributed by atoms with Crippen LogP contribution in [0.3, 0.4) is 0 Å². The second-order valence-corrected chi connectivity index (χ2v) is 4.42. The predicted molar refractivity (Wildman–Crippen MR) is 61.2 cm³/mol. The van der Waals surface area contributed by atoms with Crippen LogP contribution in [0.5, 0.6) is 0 Å². The highest BCUT2D eigenvalue weighted by Gasteiger charge is 2.28. The molecule has 0 unspecified atom stereocenters. The van der Waals surface area contributed by atoms with Gasteiger partial charge in [-0.2, -0.15) is 0 Å². The molecule has 0 saturated heterocycles. The molecule has 0 aliphatic heterocycles. The molecule has 3 heteroatoms. The first-order valence-electron chi connectivity index (χ1n) is 4.59. The van der Waals surface area contributed by atoms with Crippen LogP contribution in [0.2, 0.25) is 0 Å². The van der Waals surface area contributed by atoms with Crippen LogP contribution in [0.25, 0.3) is 0 Å². The lowest BCUT2D eigenvalue weighted by atomic mass is 9.85. The molecule has 0 heterocycles. The van der Waals surface area contributed by atoms with Crippen molar-refractivity contribution in [3.05, 3.63) is 44.9 Å². The minimum Gasteiger partial charge on any atom is -0.289 e. The summed E-state index contributed by atoms with van der Waals surface area (Å²) in [7, 11) is 0. The van der Waals surface area contributed by atoms with Crippen LogP contribution in [0, 0.1) is 0 Å². The number of halogens is 1. The number of rotatable bonds is 0. The predicted octanol–water partition coefficient (Wildman–Crippen LogP) is 3.16. The molecule has 0 spiro atoms. The minimum absolute atomic E-state index is 0.0524. The van der Waals surface area contributed by atoms with E-state index in [1.165, 1.54) is 0 Å². The van der Waals surface area contributed by atoms with E-state index in [0.29, 0.717) is 26.7 Å². The summed E-state index contributed by atoms with van der Waals surface area (Å²) in [5, 5.41) is 0. The number of hydrogen-bond acceptors (Lipinski definition) is 2. The molecule has 2 rings (SSSR count). The zero-order chi connectivity index (χ0) is 11.2. The summed E-state index contributed by atoms with van der Waals surface area (Å²) in [5.74, 6) is -0.113. The van der Waals surface area contributed by atoms with Crippen LogP contribution in [-0.2, 0) is 0 Å². The van der Waals surface area contributed by atoms with Crippen molar-refractivity contribution in [2.75, 3.05) is 0 Å². The van der Waals surface area contributed by atoms with Crippen molar-refractivity contribution in [3.8, 4) is 0 Å². The van der Waals surface area contributed by atoms with Crippen molar-refractivity contribution in [2.45, 2.75) is 13.8 Å². The molecule has 1 aromatic carbocycles. The third-order valence-electron chi connectivity index (χ3n) is 2.73. The third kappa shape index (κ3) is 1.38. The lowest BCUT2D eigenvalue weighted by molar-refractivity contribution is 0.0974. The van der Waals surface area contributed by atoms with Gasteiger partial charge in [0.2, 0.25) is 0 Å². The molecule has 76 valence electrons. The maximum atomic E-state index is 12.0. The maximum absolute atomic E-state index is 12.0. The average molecular weight is 265 g/mol. The van der Waals surface area contributed by atoms with Gasteiger partial charge in [-0.1, -0.05) is 28.1 Å². The number of allylic oxidation sites excluding steroid dienone is 2. The van der Waals surface area contributed by atoms with Crippen molar-refractivity contribution < 1.29 is 9.59 Å². The van der Waals surface area contributed by atoms with Crippen LogP contribution >= 0.6 is 15.9 Å². The number of carbonyl (C=O) groups is 2. The second kappa shape index (κ2) is 3.42. The van der Waals surface area contributed by atoms with Crippen molar-refractivity contribution >= 4 is 27.5 Å². The number of ketones is 2. The fraction of sp³-hybridized carbons (Fsp3) is 0.167. The van der Waals surface area contributed by atoms with Crippen molar-refractivity contribution in [1.29, 1.82) is 0 Å². The van der Waals surface area contributed by atoms with Gasteiger partial charge in [0.05, 0.1) is 0 Å². The highest BCUT2D eigenvalue weighted by atomic mass is 79.9. The summed E-state index contributed by atoms with van der Waals surface area (Å²) in [5.41, 5.74) is 2.08. The summed E-state index contributed by atoms with van der Waals surface area (Å²) in [4.78, 5) is 23.8. The molecule has 2 nitrogen and oxygen atoms in total. The molecule has 0 radical (unpaired) electrons. The Labute approximate surface area is 96.1 Å². The van der Waals surface area contributed by atoms with Crippen molar-refractivity contribution in [1.82, 2.24) is 0 Å². The molecule has 0 bridgehead atoms. The van der Waals surface area contributed by atoms with Crippen LogP contribution in [-0.4, -0.2) is 11.6 Å². The van der Waals surface area contributed by atoms with E-state index in [0.717, 1.165) is 0 Å². The van der Waals surface area contributed by atoms with Crippen LogP contribution in [0.15, 0.2) is 33.8 Å². The van der Waals surface area contributed by atoms with E-state index in [1.54, 1.807) is 32.0 Å². The Morgan fingerprint density at radius 3 is 2.27 bits per heavy atom. The standard InChI is InChI=1S/C12H9BrO2/c1-6-7(2)12(15)10-8(11(6)14)4-3-5-9(10)13/h3-5H,1-2H3. The average Bonchev–Trinajstić information content (AvgIpc) is 2.23. The van der Waals surface area contributed by atoms with Gasteiger partial charge in [-0.25, -0.2) is 0 Å². The van der Waals surface area contributed by atoms with E-state index in [4.69, 9.17) is 0 Å². The first-order chi connectivity index (χ1) is 7.04. The highest BCUT2D eigenvalue weighted by molar-refractivity contribution is 9.10. The van der Waals surface area contributed by atoms with Crippen molar-refractivity contribution in [2.24, 2.45) is 0 Å². The Morgan fingerprint density at radius 2 is 1.60 bits per heavy atom. The van der Waals surface area contributed by atoms with Gasteiger partial charge >= 0.3 is 0 Å². The summed E-state index contributed by atoms with van der Waals surface area (Å²) < 4.78 is 0.685. The number of fused-ring (bicyclic) bond motifs is 1. The van der Waals surface area contributed by atoms with Gasteiger partial charge in [-0.05, 0) is 19.9 Å². The number of carbonyl (C=O) groups excluding carboxylic acids is 2. The molecule has 0 fully saturated rings. The summed E-state index contributed by atoms with van der Waals surface area (Å²) in [6, 6.07) is 5.23. The third-order valence-corrected chi connectivity index (χ3v) is 3.39. The Balaban J connectivity index is 2.79. The first kappa shape index (κ1) is 10.3. The molecule has 1 aliphatic rings. The smallest absolute Gasteiger partial charge is 0.191 e. The van der Waals surface area contributed by atoms with E-state index in [9.17, 15) is 9.59 Å². The maximum Gasteiger partial charge on any atom is 0.191 e. The highest BCUT2D eigenvalue weighted by Crippen LogP contribution is 2.30. The fourth-order valence-corrected chi connectivity index (χ4v) is 2.22. The zero-order valence-corrected chi connectivity index (χ0v) is 10.0.